The molecule has 0 unspecified atom stereocenters. The molecule has 116 valence electrons. The Kier molecular flexibility index (Phi) is 4.33. The van der Waals surface area contributed by atoms with Crippen LogP contribution in [-0.4, -0.2) is 37.5 Å². The zero-order chi connectivity index (χ0) is 14.9. The summed E-state index contributed by atoms with van der Waals surface area (Å²) in [6, 6.07) is 7.44. The molecule has 1 N–H and O–H groups in total. The van der Waals surface area contributed by atoms with Gasteiger partial charge >= 0.3 is 0 Å². The predicted molar refractivity (Wildman–Crippen MR) is 81.6 cm³/mol. The highest BCUT2D eigenvalue weighted by atomic mass is 32.2. The lowest BCUT2D eigenvalue weighted by atomic mass is 9.84. The number of hydrogen-bond donors (Lipinski definition) is 1. The molecule has 2 fully saturated rings. The molecule has 0 amide bonds. The molecule has 5 heteroatoms. The average molecular weight is 309 g/mol. The van der Waals surface area contributed by atoms with Crippen molar-refractivity contribution < 1.29 is 13.5 Å². The largest absolute Gasteiger partial charge is 0.396 e. The number of benzene rings is 1. The smallest absolute Gasteiger partial charge is 0.243 e. The van der Waals surface area contributed by atoms with Crippen LogP contribution in [0.4, 0.5) is 0 Å². The van der Waals surface area contributed by atoms with Crippen molar-refractivity contribution in [2.24, 2.45) is 5.92 Å². The average Bonchev–Trinajstić information content (AvgIpc) is 2.47. The molecule has 1 aliphatic heterocycles. The fourth-order valence-corrected chi connectivity index (χ4v) is 4.92. The SMILES string of the molecule is O=S(=O)(c1ccc(C2CCCCC2)cc1)N1CC(CO)C1. The number of nitrogens with zero attached hydrogens (tertiary/aromatic N) is 1. The molecule has 0 atom stereocenters. The van der Waals surface area contributed by atoms with Crippen LogP contribution < -0.4 is 0 Å². The minimum atomic E-state index is -3.37. The van der Waals surface area contributed by atoms with Crippen LogP contribution in [-0.2, 0) is 10.0 Å². The van der Waals surface area contributed by atoms with Crippen LogP contribution in [0.5, 0.6) is 0 Å². The van der Waals surface area contributed by atoms with Crippen molar-refractivity contribution in [3.8, 4) is 0 Å². The second-order valence-corrected chi connectivity index (χ2v) is 8.21. The van der Waals surface area contributed by atoms with E-state index >= 15 is 0 Å². The lowest BCUT2D eigenvalue weighted by Gasteiger charge is -2.37. The molecule has 1 aromatic carbocycles. The summed E-state index contributed by atoms with van der Waals surface area (Å²) in [5.41, 5.74) is 1.27. The van der Waals surface area contributed by atoms with Crippen molar-refractivity contribution in [2.75, 3.05) is 19.7 Å². The Morgan fingerprint density at radius 2 is 1.67 bits per heavy atom. The second-order valence-electron chi connectivity index (χ2n) is 6.27. The van der Waals surface area contributed by atoms with Gasteiger partial charge in [-0.2, -0.15) is 4.31 Å². The van der Waals surface area contributed by atoms with Crippen molar-refractivity contribution in [3.05, 3.63) is 29.8 Å². The molecule has 0 bridgehead atoms. The van der Waals surface area contributed by atoms with Crippen LogP contribution in [0, 0.1) is 5.92 Å². The van der Waals surface area contributed by atoms with Gasteiger partial charge in [-0.05, 0) is 36.5 Å². The van der Waals surface area contributed by atoms with Crippen molar-refractivity contribution in [1.82, 2.24) is 4.31 Å². The Bertz CT molecular complexity index is 570. The highest BCUT2D eigenvalue weighted by Crippen LogP contribution is 2.33. The molecule has 2 aliphatic rings. The number of aliphatic hydroxyl groups is 1. The fourth-order valence-electron chi connectivity index (χ4n) is 3.33. The summed E-state index contributed by atoms with van der Waals surface area (Å²) in [7, 11) is -3.37. The predicted octanol–water partition coefficient (Wildman–Crippen LogP) is 2.35. The van der Waals surface area contributed by atoms with Gasteiger partial charge in [-0.1, -0.05) is 31.4 Å². The third kappa shape index (κ3) is 3.00. The van der Waals surface area contributed by atoms with Crippen molar-refractivity contribution >= 4 is 10.0 Å². The van der Waals surface area contributed by atoms with E-state index in [4.69, 9.17) is 5.11 Å². The molecule has 0 spiro atoms. The van der Waals surface area contributed by atoms with E-state index in [0.717, 1.165) is 0 Å². The van der Waals surface area contributed by atoms with E-state index in [9.17, 15) is 8.42 Å². The summed E-state index contributed by atoms with van der Waals surface area (Å²) in [6.45, 7) is 0.930. The lowest BCUT2D eigenvalue weighted by Crippen LogP contribution is -2.51. The number of hydrogen-bond acceptors (Lipinski definition) is 3. The van der Waals surface area contributed by atoms with Gasteiger partial charge in [0, 0.05) is 25.6 Å². The summed E-state index contributed by atoms with van der Waals surface area (Å²) in [5, 5.41) is 9.00. The van der Waals surface area contributed by atoms with Gasteiger partial charge in [0.25, 0.3) is 0 Å². The summed E-state index contributed by atoms with van der Waals surface area (Å²) in [5.74, 6) is 0.694. The molecule has 1 aliphatic carbocycles. The topological polar surface area (TPSA) is 57.6 Å². The fraction of sp³-hybridized carbons (Fsp3) is 0.625. The summed E-state index contributed by atoms with van der Waals surface area (Å²) in [6.07, 6.45) is 6.32. The first-order valence-corrected chi connectivity index (χ1v) is 9.26. The van der Waals surface area contributed by atoms with Crippen molar-refractivity contribution in [1.29, 1.82) is 0 Å². The molecule has 1 heterocycles. The van der Waals surface area contributed by atoms with Crippen LogP contribution in [0.25, 0.3) is 0 Å². The van der Waals surface area contributed by atoms with E-state index in [1.54, 1.807) is 12.1 Å². The molecule has 0 radical (unpaired) electrons. The Labute approximate surface area is 126 Å². The summed E-state index contributed by atoms with van der Waals surface area (Å²) >= 11 is 0. The van der Waals surface area contributed by atoms with Gasteiger partial charge in [-0.25, -0.2) is 8.42 Å². The van der Waals surface area contributed by atoms with Crippen LogP contribution in [0.15, 0.2) is 29.2 Å². The summed E-state index contributed by atoms with van der Waals surface area (Å²) < 4.78 is 26.3. The van der Waals surface area contributed by atoms with E-state index in [0.29, 0.717) is 23.9 Å². The molecule has 0 aromatic heterocycles. The Morgan fingerprint density at radius 3 is 2.24 bits per heavy atom. The maximum absolute atomic E-state index is 12.4. The number of aliphatic hydroxyl groups excluding tert-OH is 1. The van der Waals surface area contributed by atoms with E-state index in [1.807, 2.05) is 12.1 Å². The third-order valence-corrected chi connectivity index (χ3v) is 6.62. The van der Waals surface area contributed by atoms with Gasteiger partial charge in [-0.15, -0.1) is 0 Å². The molecule has 1 aromatic rings. The van der Waals surface area contributed by atoms with Crippen LogP contribution in [0.3, 0.4) is 0 Å². The minimum absolute atomic E-state index is 0.0621. The first kappa shape index (κ1) is 15.0. The van der Waals surface area contributed by atoms with Gasteiger partial charge in [-0.3, -0.25) is 0 Å². The Balaban J connectivity index is 1.71. The maximum Gasteiger partial charge on any atom is 0.243 e. The van der Waals surface area contributed by atoms with E-state index in [-0.39, 0.29) is 12.5 Å². The summed E-state index contributed by atoms with van der Waals surface area (Å²) in [4.78, 5) is 0.374. The molecule has 4 nitrogen and oxygen atoms in total. The quantitative estimate of drug-likeness (QED) is 0.929. The molecule has 3 rings (SSSR count). The first-order chi connectivity index (χ1) is 10.1. The highest BCUT2D eigenvalue weighted by molar-refractivity contribution is 7.89. The molecule has 1 saturated carbocycles. The third-order valence-electron chi connectivity index (χ3n) is 4.78. The highest BCUT2D eigenvalue weighted by Gasteiger charge is 2.36. The van der Waals surface area contributed by atoms with Crippen LogP contribution >= 0.6 is 0 Å². The van der Waals surface area contributed by atoms with Gasteiger partial charge in [0.2, 0.25) is 10.0 Å². The van der Waals surface area contributed by atoms with Gasteiger partial charge < -0.3 is 5.11 Å². The molecular formula is C16H23NO3S. The van der Waals surface area contributed by atoms with Gasteiger partial charge in [0.15, 0.2) is 0 Å². The zero-order valence-corrected chi connectivity index (χ0v) is 13.1. The maximum atomic E-state index is 12.4. The van der Waals surface area contributed by atoms with Crippen LogP contribution in [0.2, 0.25) is 0 Å². The van der Waals surface area contributed by atoms with E-state index < -0.39 is 10.0 Å². The van der Waals surface area contributed by atoms with Crippen LogP contribution in [0.1, 0.15) is 43.6 Å². The normalized spacial score (nSPS) is 22.1. The second kappa shape index (κ2) is 6.07. The minimum Gasteiger partial charge on any atom is -0.396 e. The zero-order valence-electron chi connectivity index (χ0n) is 12.2. The Morgan fingerprint density at radius 1 is 1.05 bits per heavy atom. The molecular weight excluding hydrogens is 286 g/mol. The standard InChI is InChI=1S/C16H23NO3S/c18-12-13-10-17(11-13)21(19,20)16-8-6-15(7-9-16)14-4-2-1-3-5-14/h6-9,13-14,18H,1-5,10-12H2. The molecule has 1 saturated heterocycles. The Hall–Kier alpha value is -0.910. The lowest BCUT2D eigenvalue weighted by molar-refractivity contribution is 0.117. The number of sulfonamides is 1. The van der Waals surface area contributed by atoms with Crippen molar-refractivity contribution in [3.63, 3.8) is 0 Å². The molecule has 21 heavy (non-hydrogen) atoms. The monoisotopic (exact) mass is 309 g/mol. The van der Waals surface area contributed by atoms with Gasteiger partial charge in [0.05, 0.1) is 4.90 Å². The van der Waals surface area contributed by atoms with Crippen molar-refractivity contribution in [2.45, 2.75) is 42.9 Å². The van der Waals surface area contributed by atoms with Gasteiger partial charge in [0.1, 0.15) is 0 Å². The van der Waals surface area contributed by atoms with E-state index in [2.05, 4.69) is 0 Å². The van der Waals surface area contributed by atoms with E-state index in [1.165, 1.54) is 42.0 Å². The number of rotatable bonds is 4. The first-order valence-electron chi connectivity index (χ1n) is 7.82.